The molecule has 30 heavy (non-hydrogen) atoms. The highest BCUT2D eigenvalue weighted by Gasteiger charge is 2.66. The number of methoxy groups -OCH3 is 1. The number of carboxylic acid groups (broad SMARTS) is 1. The highest BCUT2D eigenvalue weighted by Crippen LogP contribution is 2.65. The van der Waals surface area contributed by atoms with Gasteiger partial charge in [-0.2, -0.15) is 0 Å². The first kappa shape index (κ1) is 19.9. The summed E-state index contributed by atoms with van der Waals surface area (Å²) >= 11 is 0. The summed E-state index contributed by atoms with van der Waals surface area (Å²) in [6, 6.07) is 0.694. The summed E-state index contributed by atoms with van der Waals surface area (Å²) in [6.45, 7) is 2.41. The molecule has 0 aromatic heterocycles. The van der Waals surface area contributed by atoms with Crippen molar-refractivity contribution in [2.45, 2.75) is 68.4 Å². The number of benzene rings is 1. The minimum absolute atomic E-state index is 0.0783. The molecule has 1 saturated carbocycles. The number of aliphatic hydroxyl groups excluding tert-OH is 1. The summed E-state index contributed by atoms with van der Waals surface area (Å²) in [5, 5.41) is 33.5. The predicted octanol–water partition coefficient (Wildman–Crippen LogP) is 0.862. The van der Waals surface area contributed by atoms with Gasteiger partial charge >= 0.3 is 5.97 Å². The number of nitrogens with zero attached hydrogens (tertiary/aromatic N) is 1. The van der Waals surface area contributed by atoms with E-state index in [9.17, 15) is 20.1 Å². The molecule has 7 atom stereocenters. The summed E-state index contributed by atoms with van der Waals surface area (Å²) in [6.07, 6.45) is 2.12. The van der Waals surface area contributed by atoms with Gasteiger partial charge in [-0.05, 0) is 52.1 Å². The largest absolute Gasteiger partial charge is 0.504 e. The number of ether oxygens (including phenoxy) is 2. The molecule has 1 aromatic rings. The molecule has 1 spiro atoms. The fourth-order valence-corrected chi connectivity index (χ4v) is 6.79. The average molecular weight is 418 g/mol. The molecule has 164 valence electrons. The fraction of sp³-hybridized carbons (Fsp3) is 0.682. The molecule has 2 aliphatic carbocycles. The average Bonchev–Trinajstić information content (AvgIpc) is 3.05. The zero-order valence-electron chi connectivity index (χ0n) is 17.6. The Morgan fingerprint density at radius 2 is 2.20 bits per heavy atom. The predicted molar refractivity (Wildman–Crippen MR) is 108 cm³/mol. The van der Waals surface area contributed by atoms with Crippen molar-refractivity contribution in [3.63, 3.8) is 0 Å². The van der Waals surface area contributed by atoms with Crippen molar-refractivity contribution < 1.29 is 29.6 Å². The molecule has 0 radical (unpaired) electrons. The summed E-state index contributed by atoms with van der Waals surface area (Å²) in [7, 11) is 3.79. The van der Waals surface area contributed by atoms with Crippen molar-refractivity contribution in [3.8, 4) is 17.2 Å². The van der Waals surface area contributed by atoms with Gasteiger partial charge in [0, 0.05) is 34.7 Å². The van der Waals surface area contributed by atoms with E-state index >= 15 is 0 Å². The van der Waals surface area contributed by atoms with Crippen molar-refractivity contribution in [2.75, 3.05) is 20.7 Å². The van der Waals surface area contributed by atoms with Gasteiger partial charge in [0.2, 0.25) is 0 Å². The number of hydrogen-bond acceptors (Lipinski definition) is 7. The Balaban J connectivity index is 1.64. The fourth-order valence-electron chi connectivity index (χ4n) is 6.79. The molecule has 8 heteroatoms. The lowest BCUT2D eigenvalue weighted by Crippen LogP contribution is -2.69. The Morgan fingerprint density at radius 1 is 1.43 bits per heavy atom. The quantitative estimate of drug-likeness (QED) is 0.557. The molecule has 0 unspecified atom stereocenters. The van der Waals surface area contributed by atoms with Gasteiger partial charge in [0.05, 0.1) is 13.2 Å². The van der Waals surface area contributed by atoms with Crippen LogP contribution in [-0.2, 0) is 16.6 Å². The van der Waals surface area contributed by atoms with Crippen LogP contribution in [0.25, 0.3) is 0 Å². The summed E-state index contributed by atoms with van der Waals surface area (Å²) in [4.78, 5) is 14.1. The van der Waals surface area contributed by atoms with Crippen LogP contribution in [0.1, 0.15) is 37.3 Å². The number of carboxylic acids is 1. The Bertz CT molecular complexity index is 889. The Kier molecular flexibility index (Phi) is 4.47. The molecular weight excluding hydrogens is 388 g/mol. The van der Waals surface area contributed by atoms with Crippen molar-refractivity contribution >= 4 is 5.97 Å². The van der Waals surface area contributed by atoms with E-state index in [0.29, 0.717) is 23.5 Å². The van der Waals surface area contributed by atoms with E-state index in [1.807, 2.05) is 0 Å². The lowest BCUT2D eigenvalue weighted by atomic mass is 9.51. The van der Waals surface area contributed by atoms with E-state index in [1.165, 1.54) is 6.92 Å². The molecule has 5 rings (SSSR count). The van der Waals surface area contributed by atoms with E-state index in [2.05, 4.69) is 17.3 Å². The number of hydrogen-bond donors (Lipinski definition) is 4. The molecule has 2 aliphatic heterocycles. The number of phenolic OH excluding ortho intramolecular Hbond substituents is 1. The normalized spacial score (nSPS) is 35.9. The number of phenols is 1. The van der Waals surface area contributed by atoms with Crippen LogP contribution in [0, 0.1) is 5.92 Å². The second kappa shape index (κ2) is 6.73. The molecule has 1 saturated heterocycles. The Morgan fingerprint density at radius 3 is 2.87 bits per heavy atom. The van der Waals surface area contributed by atoms with Crippen molar-refractivity contribution in [1.29, 1.82) is 0 Å². The van der Waals surface area contributed by atoms with Gasteiger partial charge in [-0.1, -0.05) is 0 Å². The molecule has 4 aliphatic rings. The number of nitrogens with one attached hydrogen (secondary N) is 1. The van der Waals surface area contributed by atoms with Gasteiger partial charge in [-0.15, -0.1) is 0 Å². The van der Waals surface area contributed by atoms with Crippen LogP contribution in [-0.4, -0.2) is 77.2 Å². The minimum Gasteiger partial charge on any atom is -0.504 e. The molecular formula is C22H30N2O6. The van der Waals surface area contributed by atoms with Crippen LogP contribution in [0.2, 0.25) is 0 Å². The second-order valence-electron chi connectivity index (χ2n) is 9.38. The van der Waals surface area contributed by atoms with E-state index in [-0.39, 0.29) is 23.3 Å². The number of piperidine rings is 1. The van der Waals surface area contributed by atoms with Gasteiger partial charge in [0.15, 0.2) is 11.5 Å². The third kappa shape index (κ3) is 2.47. The number of aliphatic hydroxyl groups is 1. The van der Waals surface area contributed by atoms with Crippen molar-refractivity contribution in [1.82, 2.24) is 10.2 Å². The molecule has 2 fully saturated rings. The summed E-state index contributed by atoms with van der Waals surface area (Å²) in [5.41, 5.74) is 1.88. The third-order valence-electron chi connectivity index (χ3n) is 8.04. The maximum Gasteiger partial charge on any atom is 0.323 e. The lowest BCUT2D eigenvalue weighted by molar-refractivity contribution is -0.143. The van der Waals surface area contributed by atoms with Crippen LogP contribution >= 0.6 is 0 Å². The maximum absolute atomic E-state index is 11.7. The number of aromatic hydroxyl groups is 1. The van der Waals surface area contributed by atoms with Crippen LogP contribution in [0.5, 0.6) is 17.2 Å². The zero-order chi connectivity index (χ0) is 21.4. The third-order valence-corrected chi connectivity index (χ3v) is 8.04. The first-order valence-electron chi connectivity index (χ1n) is 10.8. The van der Waals surface area contributed by atoms with Gasteiger partial charge in [0.25, 0.3) is 0 Å². The zero-order valence-corrected chi connectivity index (χ0v) is 17.6. The number of rotatable bonds is 5. The molecule has 4 N–H and O–H groups in total. The topological polar surface area (TPSA) is 111 Å². The first-order valence-corrected chi connectivity index (χ1v) is 10.8. The Hall–Kier alpha value is -2.03. The van der Waals surface area contributed by atoms with E-state index in [1.54, 1.807) is 13.2 Å². The van der Waals surface area contributed by atoms with Crippen molar-refractivity contribution in [2.24, 2.45) is 5.92 Å². The smallest absolute Gasteiger partial charge is 0.323 e. The molecule has 0 amide bonds. The Labute approximate surface area is 175 Å². The maximum atomic E-state index is 11.7. The van der Waals surface area contributed by atoms with Gasteiger partial charge in [-0.25, -0.2) is 0 Å². The molecule has 8 nitrogen and oxygen atoms in total. The van der Waals surface area contributed by atoms with Crippen LogP contribution < -0.4 is 14.8 Å². The van der Waals surface area contributed by atoms with E-state index in [0.717, 1.165) is 43.4 Å². The monoisotopic (exact) mass is 418 g/mol. The molecule has 2 heterocycles. The van der Waals surface area contributed by atoms with Crippen LogP contribution in [0.3, 0.4) is 0 Å². The van der Waals surface area contributed by atoms with E-state index < -0.39 is 18.1 Å². The first-order chi connectivity index (χ1) is 14.3. The van der Waals surface area contributed by atoms with E-state index in [4.69, 9.17) is 9.47 Å². The van der Waals surface area contributed by atoms with Gasteiger partial charge in [0.1, 0.15) is 17.9 Å². The number of likely N-dealkylation sites (N-methyl/N-ethyl adjacent to an activating group) is 1. The minimum atomic E-state index is -1.07. The summed E-state index contributed by atoms with van der Waals surface area (Å²) in [5.74, 6) is 0.594. The number of carbonyl (C=O) groups is 1. The SMILES string of the molecule is COc1cc(O)c2c3c1C[C@@H]1[C@@H]4CC[C@@H](N[C@H](C(=O)O)[C@@H](C)O)[C@H](O2)[C@]34CCN1C. The highest BCUT2D eigenvalue weighted by atomic mass is 16.5. The second-order valence-corrected chi connectivity index (χ2v) is 9.38. The summed E-state index contributed by atoms with van der Waals surface area (Å²) < 4.78 is 12.1. The van der Waals surface area contributed by atoms with Crippen LogP contribution in [0.15, 0.2) is 6.07 Å². The molecule has 1 aromatic carbocycles. The van der Waals surface area contributed by atoms with Crippen molar-refractivity contribution in [3.05, 3.63) is 17.2 Å². The van der Waals surface area contributed by atoms with Gasteiger partial charge in [-0.3, -0.25) is 10.1 Å². The van der Waals surface area contributed by atoms with Gasteiger partial charge < -0.3 is 29.7 Å². The highest BCUT2D eigenvalue weighted by molar-refractivity contribution is 5.74. The standard InChI is InChI=1S/C22H30N2O6/c1-10(25)18(21(27)28)23-13-5-4-12-14-8-11-16(29-3)9-15(26)19-17(11)22(12,20(13)30-19)6-7-24(14)2/h9-10,12-14,18,20,23,25-26H,4-8H2,1-3H3,(H,27,28)/t10-,12+,13-,14-,18+,20+,22+/m1/s1. The van der Waals surface area contributed by atoms with Crippen LogP contribution in [0.4, 0.5) is 0 Å². The number of likely N-dealkylation sites (tertiary alicyclic amines) is 1. The number of aliphatic carboxylic acids is 1. The lowest BCUT2D eigenvalue weighted by Gasteiger charge is -2.59. The molecule has 2 bridgehead atoms.